The SMILES string of the molecule is CNC1CCC(O)(Cc2ccc(F)cc2Br)CC1. The fourth-order valence-electron chi connectivity index (χ4n) is 2.64. The van der Waals surface area contributed by atoms with Gasteiger partial charge in [-0.2, -0.15) is 0 Å². The normalized spacial score (nSPS) is 28.3. The van der Waals surface area contributed by atoms with E-state index in [1.54, 1.807) is 6.07 Å². The van der Waals surface area contributed by atoms with Crippen LogP contribution in [-0.2, 0) is 6.42 Å². The van der Waals surface area contributed by atoms with E-state index in [9.17, 15) is 9.50 Å². The Morgan fingerprint density at radius 3 is 2.67 bits per heavy atom. The van der Waals surface area contributed by atoms with Crippen LogP contribution in [0.15, 0.2) is 22.7 Å². The molecule has 0 aromatic heterocycles. The second-order valence-electron chi connectivity index (χ2n) is 5.20. The summed E-state index contributed by atoms with van der Waals surface area (Å²) in [4.78, 5) is 0. The minimum Gasteiger partial charge on any atom is -0.390 e. The average molecular weight is 316 g/mol. The molecule has 0 amide bonds. The van der Waals surface area contributed by atoms with Crippen LogP contribution < -0.4 is 5.32 Å². The van der Waals surface area contributed by atoms with E-state index in [1.165, 1.54) is 12.1 Å². The molecule has 0 spiro atoms. The van der Waals surface area contributed by atoms with Crippen molar-refractivity contribution in [1.29, 1.82) is 0 Å². The number of rotatable bonds is 3. The molecule has 1 fully saturated rings. The first-order chi connectivity index (χ1) is 8.52. The molecule has 0 radical (unpaired) electrons. The molecule has 1 aliphatic carbocycles. The maximum Gasteiger partial charge on any atom is 0.124 e. The van der Waals surface area contributed by atoms with Gasteiger partial charge in [0.05, 0.1) is 5.60 Å². The summed E-state index contributed by atoms with van der Waals surface area (Å²) in [7, 11) is 1.96. The molecule has 2 nitrogen and oxygen atoms in total. The topological polar surface area (TPSA) is 32.3 Å². The van der Waals surface area contributed by atoms with Gasteiger partial charge in [-0.1, -0.05) is 22.0 Å². The second-order valence-corrected chi connectivity index (χ2v) is 6.05. The first kappa shape index (κ1) is 14.0. The van der Waals surface area contributed by atoms with Gasteiger partial charge in [0.25, 0.3) is 0 Å². The highest BCUT2D eigenvalue weighted by molar-refractivity contribution is 9.10. The van der Waals surface area contributed by atoms with Crippen LogP contribution in [0.3, 0.4) is 0 Å². The van der Waals surface area contributed by atoms with Crippen LogP contribution in [-0.4, -0.2) is 23.8 Å². The van der Waals surface area contributed by atoms with Crippen molar-refractivity contribution < 1.29 is 9.50 Å². The number of nitrogens with one attached hydrogen (secondary N) is 1. The molecule has 4 heteroatoms. The van der Waals surface area contributed by atoms with E-state index in [0.717, 1.165) is 35.7 Å². The average Bonchev–Trinajstić information content (AvgIpc) is 2.34. The van der Waals surface area contributed by atoms with Gasteiger partial charge in [-0.15, -0.1) is 0 Å². The molecule has 0 bridgehead atoms. The molecule has 0 heterocycles. The van der Waals surface area contributed by atoms with Crippen LogP contribution in [0.25, 0.3) is 0 Å². The standard InChI is InChI=1S/C14H19BrFNO/c1-17-12-4-6-14(18,7-5-12)9-10-2-3-11(16)8-13(10)15/h2-3,8,12,17-18H,4-7,9H2,1H3. The molecular formula is C14H19BrFNO. The first-order valence-corrected chi connectivity index (χ1v) is 7.15. The molecule has 0 unspecified atom stereocenters. The van der Waals surface area contributed by atoms with Gasteiger partial charge in [0.2, 0.25) is 0 Å². The summed E-state index contributed by atoms with van der Waals surface area (Å²) in [6.45, 7) is 0. The molecule has 1 aromatic carbocycles. The molecule has 0 saturated heterocycles. The third kappa shape index (κ3) is 3.31. The number of aliphatic hydroxyl groups is 1. The highest BCUT2D eigenvalue weighted by Gasteiger charge is 2.33. The van der Waals surface area contributed by atoms with Crippen LogP contribution in [0.4, 0.5) is 4.39 Å². The maximum atomic E-state index is 13.0. The molecule has 18 heavy (non-hydrogen) atoms. The van der Waals surface area contributed by atoms with Gasteiger partial charge in [-0.25, -0.2) is 4.39 Å². The monoisotopic (exact) mass is 315 g/mol. The molecule has 1 saturated carbocycles. The number of halogens is 2. The predicted molar refractivity (Wildman–Crippen MR) is 74.1 cm³/mol. The van der Waals surface area contributed by atoms with E-state index in [-0.39, 0.29) is 5.82 Å². The van der Waals surface area contributed by atoms with E-state index >= 15 is 0 Å². The number of hydrogen-bond donors (Lipinski definition) is 2. The fourth-order valence-corrected chi connectivity index (χ4v) is 3.13. The summed E-state index contributed by atoms with van der Waals surface area (Å²) in [5, 5.41) is 13.8. The zero-order chi connectivity index (χ0) is 13.2. The van der Waals surface area contributed by atoms with Crippen molar-refractivity contribution in [3.63, 3.8) is 0 Å². The third-order valence-electron chi connectivity index (χ3n) is 3.86. The van der Waals surface area contributed by atoms with Crippen molar-refractivity contribution in [2.24, 2.45) is 0 Å². The van der Waals surface area contributed by atoms with Gasteiger partial charge in [0.1, 0.15) is 5.82 Å². The number of benzene rings is 1. The number of hydrogen-bond acceptors (Lipinski definition) is 2. The van der Waals surface area contributed by atoms with E-state index in [1.807, 2.05) is 7.05 Å². The highest BCUT2D eigenvalue weighted by Crippen LogP contribution is 2.33. The van der Waals surface area contributed by atoms with Crippen molar-refractivity contribution in [1.82, 2.24) is 5.32 Å². The van der Waals surface area contributed by atoms with Crippen molar-refractivity contribution in [2.75, 3.05) is 7.05 Å². The van der Waals surface area contributed by atoms with Crippen LogP contribution >= 0.6 is 15.9 Å². The smallest absolute Gasteiger partial charge is 0.124 e. The fraction of sp³-hybridized carbons (Fsp3) is 0.571. The largest absolute Gasteiger partial charge is 0.390 e. The Kier molecular flexibility index (Phi) is 4.41. The van der Waals surface area contributed by atoms with Gasteiger partial charge in [-0.05, 0) is 50.4 Å². The Bertz CT molecular complexity index is 416. The van der Waals surface area contributed by atoms with Gasteiger partial charge in [0.15, 0.2) is 0 Å². The highest BCUT2D eigenvalue weighted by atomic mass is 79.9. The summed E-state index contributed by atoms with van der Waals surface area (Å²) in [6.07, 6.45) is 4.16. The zero-order valence-electron chi connectivity index (χ0n) is 10.5. The molecule has 2 N–H and O–H groups in total. The van der Waals surface area contributed by atoms with Crippen molar-refractivity contribution in [3.8, 4) is 0 Å². The Balaban J connectivity index is 2.04. The molecule has 1 aliphatic rings. The van der Waals surface area contributed by atoms with Crippen molar-refractivity contribution in [2.45, 2.75) is 43.7 Å². The van der Waals surface area contributed by atoms with Crippen molar-refractivity contribution in [3.05, 3.63) is 34.1 Å². The molecule has 100 valence electrons. The van der Waals surface area contributed by atoms with Crippen LogP contribution in [0, 0.1) is 5.82 Å². The molecule has 0 atom stereocenters. The summed E-state index contributed by atoms with van der Waals surface area (Å²) in [5.41, 5.74) is 0.329. The summed E-state index contributed by atoms with van der Waals surface area (Å²) in [5.74, 6) is -0.253. The summed E-state index contributed by atoms with van der Waals surface area (Å²) < 4.78 is 13.8. The molecule has 2 rings (SSSR count). The molecular weight excluding hydrogens is 297 g/mol. The molecule has 0 aliphatic heterocycles. The lowest BCUT2D eigenvalue weighted by atomic mass is 9.78. The lowest BCUT2D eigenvalue weighted by Gasteiger charge is -2.36. The minimum atomic E-state index is -0.645. The van der Waals surface area contributed by atoms with Gasteiger partial charge in [-0.3, -0.25) is 0 Å². The van der Waals surface area contributed by atoms with Gasteiger partial charge in [0, 0.05) is 16.9 Å². The van der Waals surface area contributed by atoms with E-state index in [2.05, 4.69) is 21.2 Å². The van der Waals surface area contributed by atoms with E-state index in [4.69, 9.17) is 0 Å². The van der Waals surface area contributed by atoms with Crippen molar-refractivity contribution >= 4 is 15.9 Å². The van der Waals surface area contributed by atoms with Crippen LogP contribution in [0.1, 0.15) is 31.2 Å². The maximum absolute atomic E-state index is 13.0. The zero-order valence-corrected chi connectivity index (χ0v) is 12.1. The van der Waals surface area contributed by atoms with Crippen LogP contribution in [0.2, 0.25) is 0 Å². The van der Waals surface area contributed by atoms with E-state index < -0.39 is 5.60 Å². The quantitative estimate of drug-likeness (QED) is 0.898. The van der Waals surface area contributed by atoms with E-state index in [0.29, 0.717) is 12.5 Å². The van der Waals surface area contributed by atoms with Gasteiger partial charge < -0.3 is 10.4 Å². The van der Waals surface area contributed by atoms with Gasteiger partial charge >= 0.3 is 0 Å². The summed E-state index contributed by atoms with van der Waals surface area (Å²) >= 11 is 3.36. The Morgan fingerprint density at radius 2 is 2.11 bits per heavy atom. The third-order valence-corrected chi connectivity index (χ3v) is 4.60. The minimum absolute atomic E-state index is 0.253. The predicted octanol–water partition coefficient (Wildman–Crippen LogP) is 3.02. The second kappa shape index (κ2) is 5.68. The summed E-state index contributed by atoms with van der Waals surface area (Å²) in [6, 6.07) is 5.17. The lowest BCUT2D eigenvalue weighted by Crippen LogP contribution is -2.41. The molecule has 1 aromatic rings. The Hall–Kier alpha value is -0.450. The first-order valence-electron chi connectivity index (χ1n) is 6.36. The van der Waals surface area contributed by atoms with Crippen LogP contribution in [0.5, 0.6) is 0 Å². The Labute approximate surface area is 116 Å². The Morgan fingerprint density at radius 1 is 1.44 bits per heavy atom. The lowest BCUT2D eigenvalue weighted by molar-refractivity contribution is -0.00257.